The summed E-state index contributed by atoms with van der Waals surface area (Å²) < 4.78 is 16.1. The van der Waals surface area contributed by atoms with E-state index in [-0.39, 0.29) is 5.97 Å². The fraction of sp³-hybridized carbons (Fsp3) is 0.375. The number of aromatic nitrogens is 1. The quantitative estimate of drug-likeness (QED) is 0.785. The minimum absolute atomic E-state index is 0.355. The lowest BCUT2D eigenvalue weighted by molar-refractivity contribution is -0.172. The van der Waals surface area contributed by atoms with Gasteiger partial charge in [-0.2, -0.15) is 0 Å². The van der Waals surface area contributed by atoms with Crippen LogP contribution in [0.1, 0.15) is 10.4 Å². The molecule has 0 bridgehead atoms. The van der Waals surface area contributed by atoms with Gasteiger partial charge < -0.3 is 19.1 Å². The average Bonchev–Trinajstić information content (AvgIpc) is 3.01. The van der Waals surface area contributed by atoms with Gasteiger partial charge in [-0.3, -0.25) is 4.98 Å². The van der Waals surface area contributed by atoms with Crippen LogP contribution in [0.25, 0.3) is 10.9 Å². The fourth-order valence-corrected chi connectivity index (χ4v) is 3.02. The molecule has 0 unspecified atom stereocenters. The second-order valence-electron chi connectivity index (χ2n) is 5.52. The van der Waals surface area contributed by atoms with E-state index in [9.17, 15) is 4.79 Å². The SMILES string of the molecule is COC(=O)c1ccnc2ccc(N3CC4(C3)OCCO4)cc12. The Bertz CT molecular complexity index is 732. The Hall–Kier alpha value is -2.18. The third kappa shape index (κ3) is 2.03. The van der Waals surface area contributed by atoms with Gasteiger partial charge in [0.25, 0.3) is 0 Å². The molecular formula is C16H16N2O4. The molecule has 3 heterocycles. The molecule has 2 fully saturated rings. The van der Waals surface area contributed by atoms with Crippen LogP contribution in [0, 0.1) is 0 Å². The number of hydrogen-bond acceptors (Lipinski definition) is 6. The van der Waals surface area contributed by atoms with Gasteiger partial charge in [0.05, 0.1) is 44.5 Å². The largest absolute Gasteiger partial charge is 0.465 e. The Kier molecular flexibility index (Phi) is 3.02. The molecule has 1 spiro atoms. The summed E-state index contributed by atoms with van der Waals surface area (Å²) in [6.45, 7) is 2.71. The van der Waals surface area contributed by atoms with Crippen LogP contribution in [0.2, 0.25) is 0 Å². The number of hydrogen-bond donors (Lipinski definition) is 0. The summed E-state index contributed by atoms with van der Waals surface area (Å²) in [6, 6.07) is 7.56. The van der Waals surface area contributed by atoms with Crippen LogP contribution in [0.4, 0.5) is 5.69 Å². The molecule has 0 saturated carbocycles. The first-order chi connectivity index (χ1) is 10.7. The van der Waals surface area contributed by atoms with Crippen molar-refractivity contribution in [1.82, 2.24) is 4.98 Å². The zero-order chi connectivity index (χ0) is 15.2. The zero-order valence-corrected chi connectivity index (χ0v) is 12.2. The molecule has 0 atom stereocenters. The van der Waals surface area contributed by atoms with Gasteiger partial charge >= 0.3 is 5.97 Å². The molecule has 2 aliphatic heterocycles. The molecule has 0 aliphatic carbocycles. The lowest BCUT2D eigenvalue weighted by atomic mass is 10.0. The molecule has 0 N–H and O–H groups in total. The number of carbonyl (C=O) groups excluding carboxylic acids is 1. The van der Waals surface area contributed by atoms with Gasteiger partial charge in [0, 0.05) is 17.3 Å². The third-order valence-electron chi connectivity index (χ3n) is 4.17. The predicted molar refractivity (Wildman–Crippen MR) is 79.9 cm³/mol. The first-order valence-electron chi connectivity index (χ1n) is 7.21. The van der Waals surface area contributed by atoms with Gasteiger partial charge in [0.2, 0.25) is 5.79 Å². The molecule has 0 radical (unpaired) electrons. The molecule has 22 heavy (non-hydrogen) atoms. The number of pyridine rings is 1. The minimum atomic E-state index is -0.435. The number of anilines is 1. The zero-order valence-electron chi connectivity index (χ0n) is 12.2. The third-order valence-corrected chi connectivity index (χ3v) is 4.17. The fourth-order valence-electron chi connectivity index (χ4n) is 3.02. The van der Waals surface area contributed by atoms with E-state index in [0.717, 1.165) is 16.6 Å². The van der Waals surface area contributed by atoms with Crippen molar-refractivity contribution in [2.24, 2.45) is 0 Å². The monoisotopic (exact) mass is 300 g/mol. The number of fused-ring (bicyclic) bond motifs is 1. The van der Waals surface area contributed by atoms with E-state index < -0.39 is 5.79 Å². The highest BCUT2D eigenvalue weighted by Crippen LogP contribution is 2.35. The molecule has 114 valence electrons. The topological polar surface area (TPSA) is 60.9 Å². The average molecular weight is 300 g/mol. The van der Waals surface area contributed by atoms with Crippen LogP contribution in [0.15, 0.2) is 30.5 Å². The predicted octanol–water partition coefficient (Wildman–Crippen LogP) is 1.58. The number of rotatable bonds is 2. The summed E-state index contributed by atoms with van der Waals surface area (Å²) in [5.74, 6) is -0.790. The van der Waals surface area contributed by atoms with Gasteiger partial charge in [0.1, 0.15) is 0 Å². The first-order valence-corrected chi connectivity index (χ1v) is 7.21. The normalized spacial score (nSPS) is 19.4. The van der Waals surface area contributed by atoms with Crippen molar-refractivity contribution in [3.05, 3.63) is 36.0 Å². The number of methoxy groups -OCH3 is 1. The van der Waals surface area contributed by atoms with Gasteiger partial charge in [-0.05, 0) is 24.3 Å². The van der Waals surface area contributed by atoms with Crippen molar-refractivity contribution in [3.63, 3.8) is 0 Å². The van der Waals surface area contributed by atoms with Crippen molar-refractivity contribution in [3.8, 4) is 0 Å². The highest BCUT2D eigenvalue weighted by Gasteiger charge is 2.48. The van der Waals surface area contributed by atoms with Crippen LogP contribution >= 0.6 is 0 Å². The summed E-state index contributed by atoms with van der Waals surface area (Å²) in [5, 5.41) is 0.793. The Morgan fingerprint density at radius 3 is 2.77 bits per heavy atom. The summed E-state index contributed by atoms with van der Waals surface area (Å²) in [6.07, 6.45) is 1.62. The van der Waals surface area contributed by atoms with E-state index in [1.807, 2.05) is 18.2 Å². The van der Waals surface area contributed by atoms with Crippen molar-refractivity contribution in [2.75, 3.05) is 38.3 Å². The molecule has 2 aromatic rings. The maximum Gasteiger partial charge on any atom is 0.338 e. The second kappa shape index (κ2) is 4.93. The number of ether oxygens (including phenoxy) is 3. The molecule has 1 aromatic carbocycles. The Labute approximate surface area is 127 Å². The molecule has 6 heteroatoms. The van der Waals surface area contributed by atoms with Crippen LogP contribution in [-0.2, 0) is 14.2 Å². The smallest absolute Gasteiger partial charge is 0.338 e. The van der Waals surface area contributed by atoms with Crippen LogP contribution in [-0.4, -0.2) is 50.2 Å². The molecule has 1 aromatic heterocycles. The molecule has 2 aliphatic rings. The summed E-state index contributed by atoms with van der Waals surface area (Å²) in [5.41, 5.74) is 2.32. The number of carbonyl (C=O) groups is 1. The van der Waals surface area contributed by atoms with Gasteiger partial charge in [0.15, 0.2) is 0 Å². The van der Waals surface area contributed by atoms with E-state index >= 15 is 0 Å². The molecule has 6 nitrogen and oxygen atoms in total. The van der Waals surface area contributed by atoms with Crippen molar-refractivity contribution in [2.45, 2.75) is 5.79 Å². The molecular weight excluding hydrogens is 284 g/mol. The van der Waals surface area contributed by atoms with Gasteiger partial charge in [-0.1, -0.05) is 0 Å². The van der Waals surface area contributed by atoms with E-state index in [1.165, 1.54) is 7.11 Å². The van der Waals surface area contributed by atoms with E-state index in [4.69, 9.17) is 14.2 Å². The van der Waals surface area contributed by atoms with E-state index in [2.05, 4.69) is 9.88 Å². The van der Waals surface area contributed by atoms with E-state index in [0.29, 0.717) is 31.9 Å². The molecule has 2 saturated heterocycles. The highest BCUT2D eigenvalue weighted by molar-refractivity contribution is 6.04. The number of nitrogens with zero attached hydrogens (tertiary/aromatic N) is 2. The Balaban J connectivity index is 1.67. The van der Waals surface area contributed by atoms with Crippen molar-refractivity contribution < 1.29 is 19.0 Å². The summed E-state index contributed by atoms with van der Waals surface area (Å²) >= 11 is 0. The number of esters is 1. The van der Waals surface area contributed by atoms with Crippen LogP contribution in [0.3, 0.4) is 0 Å². The van der Waals surface area contributed by atoms with Gasteiger partial charge in [-0.15, -0.1) is 0 Å². The maximum absolute atomic E-state index is 11.9. The lowest BCUT2D eigenvalue weighted by Crippen LogP contribution is -2.62. The van der Waals surface area contributed by atoms with Crippen LogP contribution in [0.5, 0.6) is 0 Å². The maximum atomic E-state index is 11.9. The number of benzene rings is 1. The molecule has 0 amide bonds. The lowest BCUT2D eigenvalue weighted by Gasteiger charge is -2.47. The Morgan fingerprint density at radius 2 is 2.05 bits per heavy atom. The van der Waals surface area contributed by atoms with E-state index in [1.54, 1.807) is 12.3 Å². The van der Waals surface area contributed by atoms with Crippen LogP contribution < -0.4 is 4.90 Å². The highest BCUT2D eigenvalue weighted by atomic mass is 16.7. The summed E-state index contributed by atoms with van der Waals surface area (Å²) in [7, 11) is 1.38. The Morgan fingerprint density at radius 1 is 1.27 bits per heavy atom. The molecule has 4 rings (SSSR count). The first kappa shape index (κ1) is 13.5. The van der Waals surface area contributed by atoms with Crippen molar-refractivity contribution >= 4 is 22.6 Å². The second-order valence-corrected chi connectivity index (χ2v) is 5.52. The van der Waals surface area contributed by atoms with Gasteiger partial charge in [-0.25, -0.2) is 4.79 Å². The summed E-state index contributed by atoms with van der Waals surface area (Å²) in [4.78, 5) is 18.4. The van der Waals surface area contributed by atoms with Crippen molar-refractivity contribution in [1.29, 1.82) is 0 Å². The standard InChI is InChI=1S/C16H16N2O4/c1-20-15(19)12-4-5-17-14-3-2-11(8-13(12)14)18-9-16(10-18)21-6-7-22-16/h2-5,8H,6-7,9-10H2,1H3. The minimum Gasteiger partial charge on any atom is -0.465 e.